The van der Waals surface area contributed by atoms with Crippen LogP contribution in [-0.2, 0) is 9.59 Å². The summed E-state index contributed by atoms with van der Waals surface area (Å²) in [5, 5.41) is 9.24. The van der Waals surface area contributed by atoms with Crippen LogP contribution in [0.4, 0.5) is 0 Å². The summed E-state index contributed by atoms with van der Waals surface area (Å²) in [4.78, 5) is 26.0. The van der Waals surface area contributed by atoms with E-state index >= 15 is 0 Å². The number of likely N-dealkylation sites (tertiary alicyclic amines) is 1. The summed E-state index contributed by atoms with van der Waals surface area (Å²) < 4.78 is 0. The summed E-state index contributed by atoms with van der Waals surface area (Å²) in [5.74, 6) is -0.650. The standard InChI is InChI=1S/C16H27NO3/c1-3-4-5-6-7-10-15(19)13(2)16(20)17-11-8-9-14(17)12-18/h3-4,13-14,18H,5-12H2,1-2H3/b4-3+/t13-,14-/m1/s1. The third-order valence-corrected chi connectivity index (χ3v) is 4.00. The number of allylic oxidation sites excluding steroid dienone is 2. The molecule has 0 aromatic rings. The Morgan fingerprint density at radius 1 is 1.40 bits per heavy atom. The van der Waals surface area contributed by atoms with Gasteiger partial charge in [-0.1, -0.05) is 12.2 Å². The number of aliphatic hydroxyl groups is 1. The van der Waals surface area contributed by atoms with Crippen LogP contribution in [0.2, 0.25) is 0 Å². The fraction of sp³-hybridized carbons (Fsp3) is 0.750. The lowest BCUT2D eigenvalue weighted by molar-refractivity contribution is -0.141. The summed E-state index contributed by atoms with van der Waals surface area (Å²) in [7, 11) is 0. The average Bonchev–Trinajstić information content (AvgIpc) is 2.93. The molecule has 1 heterocycles. The van der Waals surface area contributed by atoms with Gasteiger partial charge >= 0.3 is 0 Å². The summed E-state index contributed by atoms with van der Waals surface area (Å²) >= 11 is 0. The maximum absolute atomic E-state index is 12.3. The van der Waals surface area contributed by atoms with Gasteiger partial charge in [-0.05, 0) is 46.0 Å². The summed E-state index contributed by atoms with van der Waals surface area (Å²) in [6.07, 6.45) is 9.15. The molecule has 0 unspecified atom stereocenters. The summed E-state index contributed by atoms with van der Waals surface area (Å²) in [5.41, 5.74) is 0. The molecule has 4 heteroatoms. The van der Waals surface area contributed by atoms with Crippen molar-refractivity contribution in [2.45, 2.75) is 58.4 Å². The molecule has 0 aromatic heterocycles. The fourth-order valence-electron chi connectivity index (χ4n) is 2.65. The van der Waals surface area contributed by atoms with Crippen LogP contribution >= 0.6 is 0 Å². The Labute approximate surface area is 121 Å². The molecule has 1 fully saturated rings. The topological polar surface area (TPSA) is 57.6 Å². The molecule has 0 aliphatic carbocycles. The number of aliphatic hydroxyl groups excluding tert-OH is 1. The molecule has 0 spiro atoms. The maximum atomic E-state index is 12.3. The Morgan fingerprint density at radius 3 is 2.80 bits per heavy atom. The number of Topliss-reactive ketones (excluding diaryl/α,β-unsaturated/α-hetero) is 1. The van der Waals surface area contributed by atoms with Crippen LogP contribution in [0.15, 0.2) is 12.2 Å². The number of nitrogens with zero attached hydrogens (tertiary/aromatic N) is 1. The van der Waals surface area contributed by atoms with Gasteiger partial charge in [0.15, 0.2) is 0 Å². The van der Waals surface area contributed by atoms with Gasteiger partial charge in [0.25, 0.3) is 0 Å². The minimum Gasteiger partial charge on any atom is -0.394 e. The van der Waals surface area contributed by atoms with Crippen molar-refractivity contribution in [1.29, 1.82) is 0 Å². The van der Waals surface area contributed by atoms with Gasteiger partial charge < -0.3 is 10.0 Å². The number of amides is 1. The van der Waals surface area contributed by atoms with E-state index in [2.05, 4.69) is 6.08 Å². The van der Waals surface area contributed by atoms with Crippen LogP contribution in [0, 0.1) is 5.92 Å². The van der Waals surface area contributed by atoms with Crippen LogP contribution < -0.4 is 0 Å². The van der Waals surface area contributed by atoms with Crippen LogP contribution in [0.3, 0.4) is 0 Å². The van der Waals surface area contributed by atoms with Crippen LogP contribution in [0.1, 0.15) is 52.4 Å². The molecule has 0 saturated carbocycles. The van der Waals surface area contributed by atoms with Gasteiger partial charge in [0.05, 0.1) is 18.6 Å². The first kappa shape index (κ1) is 16.9. The normalized spacial score (nSPS) is 20.6. The second-order valence-electron chi connectivity index (χ2n) is 5.51. The molecule has 1 aliphatic heterocycles. The number of rotatable bonds is 8. The van der Waals surface area contributed by atoms with Gasteiger partial charge in [0, 0.05) is 13.0 Å². The summed E-state index contributed by atoms with van der Waals surface area (Å²) in [6.45, 7) is 4.35. The van der Waals surface area contributed by atoms with E-state index in [0.717, 1.165) is 32.1 Å². The number of hydrogen-bond donors (Lipinski definition) is 1. The zero-order valence-electron chi connectivity index (χ0n) is 12.7. The Balaban J connectivity index is 2.37. The second kappa shape index (κ2) is 8.90. The second-order valence-corrected chi connectivity index (χ2v) is 5.51. The number of carbonyl (C=O) groups excluding carboxylic acids is 2. The molecular formula is C16H27NO3. The highest BCUT2D eigenvalue weighted by atomic mass is 16.3. The zero-order valence-corrected chi connectivity index (χ0v) is 12.7. The van der Waals surface area contributed by atoms with Crippen LogP contribution in [0.5, 0.6) is 0 Å². The number of carbonyl (C=O) groups is 2. The van der Waals surface area contributed by atoms with E-state index < -0.39 is 5.92 Å². The molecule has 0 aromatic carbocycles. The SMILES string of the molecule is C/C=C/CCCCC(=O)[C@@H](C)C(=O)N1CCC[C@@H]1CO. The van der Waals surface area contributed by atoms with E-state index in [0.29, 0.717) is 13.0 Å². The average molecular weight is 281 g/mol. The van der Waals surface area contributed by atoms with E-state index in [4.69, 9.17) is 0 Å². The predicted molar refractivity (Wildman–Crippen MR) is 79.3 cm³/mol. The number of hydrogen-bond acceptors (Lipinski definition) is 3. The Hall–Kier alpha value is -1.16. The lowest BCUT2D eigenvalue weighted by Gasteiger charge is -2.25. The highest BCUT2D eigenvalue weighted by Gasteiger charge is 2.33. The molecule has 20 heavy (non-hydrogen) atoms. The molecule has 1 aliphatic rings. The minimum atomic E-state index is -0.566. The monoisotopic (exact) mass is 281 g/mol. The first-order valence-electron chi connectivity index (χ1n) is 7.67. The van der Waals surface area contributed by atoms with Crippen molar-refractivity contribution in [2.75, 3.05) is 13.2 Å². The molecule has 0 radical (unpaired) electrons. The molecule has 1 amide bonds. The largest absolute Gasteiger partial charge is 0.394 e. The van der Waals surface area contributed by atoms with Crippen LogP contribution in [-0.4, -0.2) is 40.9 Å². The molecule has 4 nitrogen and oxygen atoms in total. The van der Waals surface area contributed by atoms with Gasteiger partial charge in [-0.15, -0.1) is 0 Å². The van der Waals surface area contributed by atoms with E-state index in [-0.39, 0.29) is 24.3 Å². The smallest absolute Gasteiger partial charge is 0.233 e. The first-order chi connectivity index (χ1) is 9.61. The van der Waals surface area contributed by atoms with E-state index in [1.54, 1.807) is 11.8 Å². The van der Waals surface area contributed by atoms with Crippen molar-refractivity contribution in [3.8, 4) is 0 Å². The van der Waals surface area contributed by atoms with E-state index in [1.807, 2.05) is 13.0 Å². The third kappa shape index (κ3) is 4.75. The van der Waals surface area contributed by atoms with Crippen molar-refractivity contribution < 1.29 is 14.7 Å². The molecule has 2 atom stereocenters. The molecular weight excluding hydrogens is 254 g/mol. The van der Waals surface area contributed by atoms with Gasteiger partial charge in [0.1, 0.15) is 5.78 Å². The lowest BCUT2D eigenvalue weighted by atomic mass is 9.99. The van der Waals surface area contributed by atoms with Crippen molar-refractivity contribution in [2.24, 2.45) is 5.92 Å². The van der Waals surface area contributed by atoms with Gasteiger partial charge in [-0.25, -0.2) is 0 Å². The van der Waals surface area contributed by atoms with Crippen molar-refractivity contribution >= 4 is 11.7 Å². The van der Waals surface area contributed by atoms with E-state index in [9.17, 15) is 14.7 Å². The molecule has 0 bridgehead atoms. The van der Waals surface area contributed by atoms with Crippen molar-refractivity contribution in [1.82, 2.24) is 4.90 Å². The van der Waals surface area contributed by atoms with E-state index in [1.165, 1.54) is 0 Å². The highest BCUT2D eigenvalue weighted by Crippen LogP contribution is 2.20. The third-order valence-electron chi connectivity index (χ3n) is 4.00. The maximum Gasteiger partial charge on any atom is 0.233 e. The molecule has 1 N–H and O–H groups in total. The number of unbranched alkanes of at least 4 members (excludes halogenated alkanes) is 2. The Morgan fingerprint density at radius 2 is 2.15 bits per heavy atom. The van der Waals surface area contributed by atoms with Crippen LogP contribution in [0.25, 0.3) is 0 Å². The lowest BCUT2D eigenvalue weighted by Crippen LogP contribution is -2.42. The predicted octanol–water partition coefficient (Wildman–Crippen LogP) is 2.31. The summed E-state index contributed by atoms with van der Waals surface area (Å²) in [6, 6.07) is -0.0903. The fourth-order valence-corrected chi connectivity index (χ4v) is 2.65. The highest BCUT2D eigenvalue weighted by molar-refractivity contribution is 6.01. The zero-order chi connectivity index (χ0) is 15.0. The van der Waals surface area contributed by atoms with Gasteiger partial charge in [0.2, 0.25) is 5.91 Å². The number of ketones is 1. The Kier molecular flexibility index (Phi) is 7.52. The van der Waals surface area contributed by atoms with Crippen molar-refractivity contribution in [3.63, 3.8) is 0 Å². The van der Waals surface area contributed by atoms with Gasteiger partial charge in [-0.2, -0.15) is 0 Å². The minimum absolute atomic E-state index is 0.00397. The molecule has 1 rings (SSSR count). The van der Waals surface area contributed by atoms with Gasteiger partial charge in [-0.3, -0.25) is 9.59 Å². The first-order valence-corrected chi connectivity index (χ1v) is 7.67. The molecule has 114 valence electrons. The molecule has 1 saturated heterocycles. The quantitative estimate of drug-likeness (QED) is 0.422. The Bertz CT molecular complexity index is 352. The van der Waals surface area contributed by atoms with Crippen molar-refractivity contribution in [3.05, 3.63) is 12.2 Å².